The van der Waals surface area contributed by atoms with Gasteiger partial charge in [-0.05, 0) is 60.2 Å². The molecule has 1 aromatic heterocycles. The second-order valence-corrected chi connectivity index (χ2v) is 8.83. The predicted molar refractivity (Wildman–Crippen MR) is 136 cm³/mol. The van der Waals surface area contributed by atoms with Gasteiger partial charge in [0.15, 0.2) is 0 Å². The molecule has 0 atom stereocenters. The number of nitrogens with one attached hydrogen (secondary N) is 4. The number of rotatable bonds is 7. The van der Waals surface area contributed by atoms with Crippen LogP contribution in [0.15, 0.2) is 66.9 Å². The van der Waals surface area contributed by atoms with Gasteiger partial charge in [-0.2, -0.15) is 31.4 Å². The number of carbonyl (C=O) groups excluding carboxylic acids is 1. The van der Waals surface area contributed by atoms with E-state index in [4.69, 9.17) is 11.6 Å². The third-order valence-corrected chi connectivity index (χ3v) is 5.99. The number of alkyl halides is 6. The minimum absolute atomic E-state index is 0.128. The number of hydrogen-bond donors (Lipinski definition) is 4. The van der Waals surface area contributed by atoms with Crippen LogP contribution in [0.3, 0.4) is 0 Å². The Kier molecular flexibility index (Phi) is 8.24. The highest BCUT2D eigenvalue weighted by molar-refractivity contribution is 6.31. The first-order chi connectivity index (χ1) is 18.8. The van der Waals surface area contributed by atoms with Crippen LogP contribution in [-0.2, 0) is 12.4 Å². The van der Waals surface area contributed by atoms with Crippen molar-refractivity contribution in [3.8, 4) is 22.4 Å². The van der Waals surface area contributed by atoms with Gasteiger partial charge in [-0.3, -0.25) is 5.10 Å². The second-order valence-electron chi connectivity index (χ2n) is 8.42. The summed E-state index contributed by atoms with van der Waals surface area (Å²) in [6.45, 7) is -0.280. The van der Waals surface area contributed by atoms with Gasteiger partial charge in [-0.25, -0.2) is 9.18 Å². The number of amides is 2. The molecule has 0 bridgehead atoms. The first-order valence-electron chi connectivity index (χ1n) is 11.5. The lowest BCUT2D eigenvalue weighted by Gasteiger charge is -2.17. The van der Waals surface area contributed by atoms with Gasteiger partial charge >= 0.3 is 18.4 Å². The molecule has 0 aliphatic rings. The molecule has 4 aromatic rings. The van der Waals surface area contributed by atoms with Crippen LogP contribution in [0.2, 0.25) is 5.02 Å². The van der Waals surface area contributed by atoms with E-state index in [1.165, 1.54) is 48.7 Å². The molecule has 6 nitrogen and oxygen atoms in total. The smallest absolute Gasteiger partial charge is 0.383 e. The summed E-state index contributed by atoms with van der Waals surface area (Å²) in [4.78, 5) is 12.1. The number of aromatic nitrogens is 2. The monoisotopic (exact) mass is 585 g/mol. The van der Waals surface area contributed by atoms with Crippen molar-refractivity contribution in [1.82, 2.24) is 15.5 Å². The minimum atomic E-state index is -4.73. The number of aromatic amines is 1. The Morgan fingerprint density at radius 2 is 1.52 bits per heavy atom. The lowest BCUT2D eigenvalue weighted by atomic mass is 9.99. The molecule has 0 aliphatic carbocycles. The average Bonchev–Trinajstić information content (AvgIpc) is 3.37. The van der Waals surface area contributed by atoms with E-state index in [1.54, 1.807) is 0 Å². The van der Waals surface area contributed by atoms with E-state index in [1.807, 2.05) is 0 Å². The fourth-order valence-electron chi connectivity index (χ4n) is 3.81. The van der Waals surface area contributed by atoms with Crippen molar-refractivity contribution >= 4 is 29.0 Å². The first-order valence-corrected chi connectivity index (χ1v) is 11.9. The molecule has 0 aliphatic heterocycles. The molecule has 0 fully saturated rings. The highest BCUT2D eigenvalue weighted by Crippen LogP contribution is 2.39. The zero-order valence-electron chi connectivity index (χ0n) is 20.1. The summed E-state index contributed by atoms with van der Waals surface area (Å²) >= 11 is 5.55. The summed E-state index contributed by atoms with van der Waals surface area (Å²) < 4.78 is 93.9. The lowest BCUT2D eigenvalue weighted by Crippen LogP contribution is -2.33. The molecule has 4 N–H and O–H groups in total. The van der Waals surface area contributed by atoms with Gasteiger partial charge in [0.2, 0.25) is 0 Å². The highest BCUT2D eigenvalue weighted by Gasteiger charge is 2.35. The number of anilines is 2. The maximum Gasteiger partial charge on any atom is 0.418 e. The molecule has 2 amide bonds. The van der Waals surface area contributed by atoms with Crippen LogP contribution in [-0.4, -0.2) is 29.3 Å². The molecular formula is C26H19ClF7N5O. The average molecular weight is 586 g/mol. The Balaban J connectivity index is 1.42. The molecule has 4 rings (SSSR count). The summed E-state index contributed by atoms with van der Waals surface area (Å²) in [5.74, 6) is -0.466. The van der Waals surface area contributed by atoms with Gasteiger partial charge in [-0.1, -0.05) is 17.7 Å². The van der Waals surface area contributed by atoms with Crippen molar-refractivity contribution in [3.05, 3.63) is 88.8 Å². The standard InChI is InChI=1S/C26H19ClF7N5O/c27-21-7-6-17(12-19(21)25(29,30)31)38-24(40)36-10-9-35-22-8-3-15(11-20(22)26(32,33)34)18-13-37-39-23(18)14-1-4-16(28)5-2-14/h1-8,11-13,35H,9-10H2,(H,37,39)(H2,36,38,40). The molecule has 1 heterocycles. The minimum Gasteiger partial charge on any atom is -0.383 e. The quantitative estimate of drug-likeness (QED) is 0.132. The van der Waals surface area contributed by atoms with Crippen molar-refractivity contribution in [1.29, 1.82) is 0 Å². The Morgan fingerprint density at radius 1 is 0.850 bits per heavy atom. The number of hydrogen-bond acceptors (Lipinski definition) is 3. The van der Waals surface area contributed by atoms with Gasteiger partial charge in [-0.15, -0.1) is 0 Å². The van der Waals surface area contributed by atoms with Crippen molar-refractivity contribution in [2.24, 2.45) is 0 Å². The van der Waals surface area contributed by atoms with Crippen LogP contribution < -0.4 is 16.0 Å². The predicted octanol–water partition coefficient (Wildman–Crippen LogP) is 7.81. The Morgan fingerprint density at radius 3 is 2.20 bits per heavy atom. The van der Waals surface area contributed by atoms with Gasteiger partial charge in [0, 0.05) is 35.6 Å². The zero-order chi connectivity index (χ0) is 29.1. The number of H-pyrrole nitrogens is 1. The van der Waals surface area contributed by atoms with Crippen molar-refractivity contribution in [2.75, 3.05) is 23.7 Å². The van der Waals surface area contributed by atoms with Crippen LogP contribution in [0, 0.1) is 5.82 Å². The van der Waals surface area contributed by atoms with E-state index in [0.29, 0.717) is 22.9 Å². The Labute approximate surface area is 227 Å². The molecule has 0 saturated heterocycles. The fourth-order valence-corrected chi connectivity index (χ4v) is 4.04. The summed E-state index contributed by atoms with van der Waals surface area (Å²) in [6.07, 6.45) is -8.09. The molecule has 0 unspecified atom stereocenters. The number of halogens is 8. The summed E-state index contributed by atoms with van der Waals surface area (Å²) in [5.41, 5.74) is -0.996. The van der Waals surface area contributed by atoms with E-state index >= 15 is 0 Å². The molecule has 0 saturated carbocycles. The number of nitrogens with zero attached hydrogens (tertiary/aromatic N) is 1. The molecule has 0 spiro atoms. The fraction of sp³-hybridized carbons (Fsp3) is 0.154. The SMILES string of the molecule is O=C(NCCNc1ccc(-c2cn[nH]c2-c2ccc(F)cc2)cc1C(F)(F)F)Nc1ccc(Cl)c(C(F)(F)F)c1. The maximum absolute atomic E-state index is 13.9. The molecule has 40 heavy (non-hydrogen) atoms. The Hall–Kier alpha value is -4.26. The lowest BCUT2D eigenvalue weighted by molar-refractivity contribution is -0.138. The van der Waals surface area contributed by atoms with E-state index in [2.05, 4.69) is 26.1 Å². The maximum atomic E-state index is 13.9. The van der Waals surface area contributed by atoms with E-state index in [-0.39, 0.29) is 30.0 Å². The summed E-state index contributed by atoms with van der Waals surface area (Å²) in [6, 6.07) is 11.0. The molecule has 14 heteroatoms. The van der Waals surface area contributed by atoms with Crippen LogP contribution in [0.4, 0.5) is 46.9 Å². The van der Waals surface area contributed by atoms with E-state index < -0.39 is 40.4 Å². The first kappa shape index (κ1) is 28.7. The molecular weight excluding hydrogens is 567 g/mol. The Bertz CT molecular complexity index is 1500. The largest absolute Gasteiger partial charge is 0.418 e. The molecule has 3 aromatic carbocycles. The summed E-state index contributed by atoms with van der Waals surface area (Å²) in [5, 5.41) is 13.3. The number of urea groups is 1. The van der Waals surface area contributed by atoms with Crippen LogP contribution >= 0.6 is 11.6 Å². The van der Waals surface area contributed by atoms with Gasteiger partial charge in [0.05, 0.1) is 28.0 Å². The van der Waals surface area contributed by atoms with Crippen molar-refractivity contribution < 1.29 is 35.5 Å². The van der Waals surface area contributed by atoms with Crippen LogP contribution in [0.25, 0.3) is 22.4 Å². The van der Waals surface area contributed by atoms with Gasteiger partial charge in [0.25, 0.3) is 0 Å². The van der Waals surface area contributed by atoms with Gasteiger partial charge in [0.1, 0.15) is 5.82 Å². The zero-order valence-corrected chi connectivity index (χ0v) is 20.9. The second kappa shape index (κ2) is 11.5. The molecule has 0 radical (unpaired) electrons. The van der Waals surface area contributed by atoms with Crippen LogP contribution in [0.5, 0.6) is 0 Å². The number of carbonyl (C=O) groups is 1. The van der Waals surface area contributed by atoms with E-state index in [9.17, 15) is 35.5 Å². The third kappa shape index (κ3) is 6.84. The topological polar surface area (TPSA) is 81.8 Å². The van der Waals surface area contributed by atoms with Crippen LogP contribution in [0.1, 0.15) is 11.1 Å². The van der Waals surface area contributed by atoms with Crippen molar-refractivity contribution in [2.45, 2.75) is 12.4 Å². The van der Waals surface area contributed by atoms with Crippen molar-refractivity contribution in [3.63, 3.8) is 0 Å². The normalized spacial score (nSPS) is 11.8. The highest BCUT2D eigenvalue weighted by atomic mass is 35.5. The van der Waals surface area contributed by atoms with E-state index in [0.717, 1.165) is 12.1 Å². The number of benzene rings is 3. The third-order valence-electron chi connectivity index (χ3n) is 5.66. The molecule has 210 valence electrons. The van der Waals surface area contributed by atoms with Gasteiger partial charge < -0.3 is 16.0 Å². The summed E-state index contributed by atoms with van der Waals surface area (Å²) in [7, 11) is 0.